The number of aromatic nitrogens is 2. The lowest BCUT2D eigenvalue weighted by Gasteiger charge is -2.36. The minimum absolute atomic E-state index is 0.0344. The average Bonchev–Trinajstić information content (AvgIpc) is 2.90. The largest absolute Gasteiger partial charge is 0.349 e. The SMILES string of the molecule is CC(C)C(=O)NC1CC(C)(C)Cc2c1cnn2-c1ccc(F)cc1. The molecule has 1 amide bonds. The minimum Gasteiger partial charge on any atom is -0.349 e. The zero-order chi connectivity index (χ0) is 17.5. The molecule has 1 aliphatic carbocycles. The molecule has 0 fully saturated rings. The van der Waals surface area contributed by atoms with E-state index in [0.717, 1.165) is 29.8 Å². The van der Waals surface area contributed by atoms with Gasteiger partial charge in [-0.1, -0.05) is 27.7 Å². The molecule has 5 heteroatoms. The maximum absolute atomic E-state index is 13.2. The maximum atomic E-state index is 13.2. The second kappa shape index (κ2) is 6.04. The average molecular weight is 329 g/mol. The van der Waals surface area contributed by atoms with Gasteiger partial charge in [0.15, 0.2) is 0 Å². The molecular formula is C19H24FN3O. The summed E-state index contributed by atoms with van der Waals surface area (Å²) in [5, 5.41) is 7.66. The highest BCUT2D eigenvalue weighted by atomic mass is 19.1. The van der Waals surface area contributed by atoms with E-state index in [1.807, 2.05) is 24.7 Å². The Hall–Kier alpha value is -2.17. The monoisotopic (exact) mass is 329 g/mol. The molecule has 1 atom stereocenters. The molecule has 1 heterocycles. The van der Waals surface area contributed by atoms with Gasteiger partial charge in [0, 0.05) is 11.5 Å². The third-order valence-corrected chi connectivity index (χ3v) is 4.59. The normalized spacial score (nSPS) is 19.2. The molecule has 1 aliphatic rings. The molecule has 1 N–H and O–H groups in total. The summed E-state index contributed by atoms with van der Waals surface area (Å²) < 4.78 is 15.1. The van der Waals surface area contributed by atoms with Gasteiger partial charge in [-0.15, -0.1) is 0 Å². The Morgan fingerprint density at radius 3 is 2.62 bits per heavy atom. The van der Waals surface area contributed by atoms with Crippen LogP contribution in [0.2, 0.25) is 0 Å². The summed E-state index contributed by atoms with van der Waals surface area (Å²) in [7, 11) is 0. The molecule has 4 nitrogen and oxygen atoms in total. The number of halogens is 1. The van der Waals surface area contributed by atoms with E-state index in [2.05, 4.69) is 24.3 Å². The van der Waals surface area contributed by atoms with Crippen molar-refractivity contribution in [2.45, 2.75) is 46.6 Å². The number of hydrogen-bond acceptors (Lipinski definition) is 2. The molecule has 0 aliphatic heterocycles. The highest BCUT2D eigenvalue weighted by molar-refractivity contribution is 5.78. The van der Waals surface area contributed by atoms with Gasteiger partial charge >= 0.3 is 0 Å². The van der Waals surface area contributed by atoms with Gasteiger partial charge in [-0.25, -0.2) is 9.07 Å². The Bertz CT molecular complexity index is 746. The number of benzene rings is 1. The van der Waals surface area contributed by atoms with Crippen LogP contribution in [0.15, 0.2) is 30.5 Å². The van der Waals surface area contributed by atoms with Crippen LogP contribution in [0, 0.1) is 17.2 Å². The first-order valence-corrected chi connectivity index (χ1v) is 8.40. The number of nitrogens with one attached hydrogen (secondary N) is 1. The van der Waals surface area contributed by atoms with Gasteiger partial charge in [0.05, 0.1) is 23.6 Å². The number of hydrogen-bond donors (Lipinski definition) is 1. The smallest absolute Gasteiger partial charge is 0.223 e. The lowest BCUT2D eigenvalue weighted by molar-refractivity contribution is -0.125. The molecule has 0 saturated carbocycles. The van der Waals surface area contributed by atoms with Crippen LogP contribution in [0.1, 0.15) is 51.4 Å². The van der Waals surface area contributed by atoms with Crippen molar-refractivity contribution < 1.29 is 9.18 Å². The summed E-state index contributed by atoms with van der Waals surface area (Å²) in [5.74, 6) is -0.258. The minimum atomic E-state index is -0.262. The molecule has 0 radical (unpaired) electrons. The predicted molar refractivity (Wildman–Crippen MR) is 91.3 cm³/mol. The van der Waals surface area contributed by atoms with Crippen molar-refractivity contribution in [3.63, 3.8) is 0 Å². The van der Waals surface area contributed by atoms with Crippen molar-refractivity contribution in [1.29, 1.82) is 0 Å². The Balaban J connectivity index is 1.99. The van der Waals surface area contributed by atoms with E-state index in [4.69, 9.17) is 0 Å². The fourth-order valence-corrected chi connectivity index (χ4v) is 3.31. The summed E-state index contributed by atoms with van der Waals surface area (Å²) in [6.07, 6.45) is 3.58. The van der Waals surface area contributed by atoms with Crippen molar-refractivity contribution in [3.05, 3.63) is 47.5 Å². The zero-order valence-corrected chi connectivity index (χ0v) is 14.6. The van der Waals surface area contributed by atoms with Crippen LogP contribution >= 0.6 is 0 Å². The first-order valence-electron chi connectivity index (χ1n) is 8.40. The van der Waals surface area contributed by atoms with Gasteiger partial charge in [-0.2, -0.15) is 5.10 Å². The summed E-state index contributed by atoms with van der Waals surface area (Å²) in [4.78, 5) is 12.2. The second-order valence-corrected chi connectivity index (χ2v) is 7.70. The van der Waals surface area contributed by atoms with Crippen molar-refractivity contribution in [2.75, 3.05) is 0 Å². The van der Waals surface area contributed by atoms with Crippen LogP contribution in [0.5, 0.6) is 0 Å². The number of carbonyl (C=O) groups excluding carboxylic acids is 1. The molecule has 128 valence electrons. The van der Waals surface area contributed by atoms with Crippen molar-refractivity contribution in [2.24, 2.45) is 11.3 Å². The van der Waals surface area contributed by atoms with E-state index in [1.54, 1.807) is 12.1 Å². The van der Waals surface area contributed by atoms with Gasteiger partial charge in [0.2, 0.25) is 5.91 Å². The van der Waals surface area contributed by atoms with Crippen molar-refractivity contribution in [1.82, 2.24) is 15.1 Å². The number of rotatable bonds is 3. The highest BCUT2D eigenvalue weighted by Crippen LogP contribution is 2.41. The molecule has 1 unspecified atom stereocenters. The van der Waals surface area contributed by atoms with Crippen LogP contribution in [-0.4, -0.2) is 15.7 Å². The fourth-order valence-electron chi connectivity index (χ4n) is 3.31. The number of carbonyl (C=O) groups is 1. The van der Waals surface area contributed by atoms with E-state index >= 15 is 0 Å². The number of amides is 1. The Morgan fingerprint density at radius 1 is 1.33 bits per heavy atom. The summed E-state index contributed by atoms with van der Waals surface area (Å²) >= 11 is 0. The molecular weight excluding hydrogens is 305 g/mol. The first kappa shape index (κ1) is 16.7. The van der Waals surface area contributed by atoms with Crippen LogP contribution in [0.4, 0.5) is 4.39 Å². The Morgan fingerprint density at radius 2 is 2.00 bits per heavy atom. The van der Waals surface area contributed by atoms with Gasteiger partial charge in [-0.3, -0.25) is 4.79 Å². The molecule has 24 heavy (non-hydrogen) atoms. The van der Waals surface area contributed by atoms with Gasteiger partial charge in [0.1, 0.15) is 5.82 Å². The van der Waals surface area contributed by atoms with Crippen LogP contribution in [-0.2, 0) is 11.2 Å². The van der Waals surface area contributed by atoms with E-state index in [1.165, 1.54) is 12.1 Å². The molecule has 0 spiro atoms. The van der Waals surface area contributed by atoms with Gasteiger partial charge in [-0.05, 0) is 42.5 Å². The maximum Gasteiger partial charge on any atom is 0.223 e. The third kappa shape index (κ3) is 3.21. The van der Waals surface area contributed by atoms with E-state index in [0.29, 0.717) is 0 Å². The lowest BCUT2D eigenvalue weighted by Crippen LogP contribution is -2.38. The Kier molecular flexibility index (Phi) is 4.20. The van der Waals surface area contributed by atoms with Gasteiger partial charge < -0.3 is 5.32 Å². The summed E-state index contributed by atoms with van der Waals surface area (Å²) in [6, 6.07) is 6.30. The second-order valence-electron chi connectivity index (χ2n) is 7.70. The van der Waals surface area contributed by atoms with Crippen LogP contribution < -0.4 is 5.32 Å². The van der Waals surface area contributed by atoms with E-state index in [9.17, 15) is 9.18 Å². The molecule has 1 aromatic carbocycles. The third-order valence-electron chi connectivity index (χ3n) is 4.59. The molecule has 1 aromatic heterocycles. The van der Waals surface area contributed by atoms with Crippen molar-refractivity contribution >= 4 is 5.91 Å². The van der Waals surface area contributed by atoms with Crippen LogP contribution in [0.25, 0.3) is 5.69 Å². The quantitative estimate of drug-likeness (QED) is 0.931. The predicted octanol–water partition coefficient (Wildman–Crippen LogP) is 3.80. The molecule has 0 saturated heterocycles. The van der Waals surface area contributed by atoms with E-state index in [-0.39, 0.29) is 29.1 Å². The van der Waals surface area contributed by atoms with Crippen molar-refractivity contribution in [3.8, 4) is 5.69 Å². The number of fused-ring (bicyclic) bond motifs is 1. The highest BCUT2D eigenvalue weighted by Gasteiger charge is 2.36. The summed E-state index contributed by atoms with van der Waals surface area (Å²) in [5.41, 5.74) is 3.04. The van der Waals surface area contributed by atoms with Gasteiger partial charge in [0.25, 0.3) is 0 Å². The zero-order valence-electron chi connectivity index (χ0n) is 14.6. The first-order chi connectivity index (χ1) is 11.3. The summed E-state index contributed by atoms with van der Waals surface area (Å²) in [6.45, 7) is 8.19. The molecule has 0 bridgehead atoms. The van der Waals surface area contributed by atoms with Crippen LogP contribution in [0.3, 0.4) is 0 Å². The standard InChI is InChI=1S/C19H24FN3O/c1-12(2)18(24)22-16-9-19(3,4)10-17-15(16)11-21-23(17)14-7-5-13(20)6-8-14/h5-8,11-12,16H,9-10H2,1-4H3,(H,22,24). The number of nitrogens with zero attached hydrogens (tertiary/aromatic N) is 2. The Labute approximate surface area is 142 Å². The lowest BCUT2D eigenvalue weighted by atomic mass is 9.74. The molecule has 3 rings (SSSR count). The topological polar surface area (TPSA) is 46.9 Å². The molecule has 2 aromatic rings. The van der Waals surface area contributed by atoms with E-state index < -0.39 is 0 Å². The fraction of sp³-hybridized carbons (Fsp3) is 0.474.